The number of hydrogen-bond acceptors (Lipinski definition) is 3. The lowest BCUT2D eigenvalue weighted by Gasteiger charge is -2.30. The second-order valence-electron chi connectivity index (χ2n) is 5.11. The molecule has 0 aliphatic carbocycles. The van der Waals surface area contributed by atoms with Crippen LogP contribution in [0.1, 0.15) is 11.5 Å². The molecule has 23 heavy (non-hydrogen) atoms. The van der Waals surface area contributed by atoms with Crippen LogP contribution in [0.4, 0.5) is 8.78 Å². The molecule has 5 nitrogen and oxygen atoms in total. The Morgan fingerprint density at radius 1 is 1.26 bits per heavy atom. The van der Waals surface area contributed by atoms with E-state index in [1.54, 1.807) is 35.2 Å². The molecule has 1 aliphatic heterocycles. The number of alkyl halides is 3. The molecule has 1 fully saturated rings. The largest absolute Gasteiger partial charge is 0.399 e. The Morgan fingerprint density at radius 2 is 1.87 bits per heavy atom. The molecule has 1 aliphatic rings. The first-order valence-corrected chi connectivity index (χ1v) is 7.54. The fourth-order valence-corrected chi connectivity index (χ4v) is 2.40. The Morgan fingerprint density at radius 3 is 2.43 bits per heavy atom. The van der Waals surface area contributed by atoms with Gasteiger partial charge in [0.1, 0.15) is 0 Å². The summed E-state index contributed by atoms with van der Waals surface area (Å²) in [5.41, 5.74) is 0.641. The minimum Gasteiger partial charge on any atom is -0.378 e. The zero-order chi connectivity index (χ0) is 16.9. The number of morpholine rings is 1. The molecule has 0 unspecified atom stereocenters. The van der Waals surface area contributed by atoms with Crippen LogP contribution in [0, 0.1) is 0 Å². The molecule has 1 aromatic rings. The lowest BCUT2D eigenvalue weighted by molar-refractivity contribution is -0.138. The monoisotopic (exact) mass is 346 g/mol. The van der Waals surface area contributed by atoms with Crippen molar-refractivity contribution < 1.29 is 23.1 Å². The van der Waals surface area contributed by atoms with Gasteiger partial charge in [-0.15, -0.1) is 0 Å². The highest BCUT2D eigenvalue weighted by Gasteiger charge is 2.37. The molecule has 1 atom stereocenters. The van der Waals surface area contributed by atoms with Crippen LogP contribution >= 0.6 is 11.6 Å². The molecular formula is C15H17ClF2N2O3. The molecule has 2 rings (SSSR count). The summed E-state index contributed by atoms with van der Waals surface area (Å²) in [7, 11) is 0. The van der Waals surface area contributed by atoms with Crippen molar-refractivity contribution in [2.45, 2.75) is 11.3 Å². The Hall–Kier alpha value is -1.73. The molecule has 0 bridgehead atoms. The number of carbonyl (C=O) groups excluding carboxylic acids is 2. The minimum atomic E-state index is -4.00. The summed E-state index contributed by atoms with van der Waals surface area (Å²) in [5, 5.41) is -1.96. The van der Waals surface area contributed by atoms with Crippen molar-refractivity contribution in [3.05, 3.63) is 35.9 Å². The number of carbonyl (C=O) groups is 2. The van der Waals surface area contributed by atoms with Crippen LogP contribution in [0.5, 0.6) is 0 Å². The second-order valence-corrected chi connectivity index (χ2v) is 5.58. The van der Waals surface area contributed by atoms with Gasteiger partial charge < -0.3 is 15.0 Å². The number of nitrogens with one attached hydrogen (secondary N) is 1. The van der Waals surface area contributed by atoms with Crippen LogP contribution in [-0.2, 0) is 14.3 Å². The van der Waals surface area contributed by atoms with Gasteiger partial charge in [0.25, 0.3) is 0 Å². The first kappa shape index (κ1) is 17.6. The van der Waals surface area contributed by atoms with Gasteiger partial charge in [-0.05, 0) is 17.2 Å². The predicted octanol–water partition coefficient (Wildman–Crippen LogP) is 1.58. The van der Waals surface area contributed by atoms with E-state index in [0.29, 0.717) is 31.9 Å². The Kier molecular flexibility index (Phi) is 5.90. The van der Waals surface area contributed by atoms with Gasteiger partial charge in [0.2, 0.25) is 5.91 Å². The van der Waals surface area contributed by atoms with Crippen molar-refractivity contribution in [2.75, 3.05) is 32.8 Å². The summed E-state index contributed by atoms with van der Waals surface area (Å²) >= 11 is 4.68. The number of amides is 2. The number of hydrogen-bond donors (Lipinski definition) is 1. The maximum atomic E-state index is 12.8. The van der Waals surface area contributed by atoms with Crippen molar-refractivity contribution >= 4 is 23.4 Å². The van der Waals surface area contributed by atoms with Crippen LogP contribution in [0.3, 0.4) is 0 Å². The molecule has 1 aromatic carbocycles. The third-order valence-corrected chi connectivity index (χ3v) is 3.72. The van der Waals surface area contributed by atoms with Gasteiger partial charge in [-0.2, -0.15) is 8.78 Å². The Balaban J connectivity index is 2.12. The molecule has 2 amide bonds. The van der Waals surface area contributed by atoms with Crippen LogP contribution in [-0.4, -0.2) is 54.9 Å². The molecule has 0 radical (unpaired) electrons. The highest BCUT2D eigenvalue weighted by atomic mass is 35.5. The van der Waals surface area contributed by atoms with Crippen molar-refractivity contribution in [2.24, 2.45) is 0 Å². The van der Waals surface area contributed by atoms with E-state index < -0.39 is 17.2 Å². The van der Waals surface area contributed by atoms with E-state index in [9.17, 15) is 18.4 Å². The number of benzene rings is 1. The molecule has 0 spiro atoms. The quantitative estimate of drug-likeness (QED) is 0.823. The van der Waals surface area contributed by atoms with Crippen LogP contribution < -0.4 is 5.32 Å². The molecule has 1 N–H and O–H groups in total. The Bertz CT molecular complexity index is 545. The molecule has 1 heterocycles. The topological polar surface area (TPSA) is 58.6 Å². The van der Waals surface area contributed by atoms with Crippen LogP contribution in [0.25, 0.3) is 0 Å². The van der Waals surface area contributed by atoms with E-state index in [4.69, 9.17) is 4.74 Å². The van der Waals surface area contributed by atoms with Gasteiger partial charge in [0.05, 0.1) is 19.1 Å². The fourth-order valence-electron chi connectivity index (χ4n) is 2.33. The van der Waals surface area contributed by atoms with Gasteiger partial charge in [0.15, 0.2) is 0 Å². The standard InChI is InChI=1S/C15H17ClF2N2O3/c16-15(17,18)14(22)19-10-12(11-4-2-1-3-5-11)13(21)20-6-8-23-9-7-20/h1-5,12H,6-10H2,(H,19,22)/t12-/m0/s1. The summed E-state index contributed by atoms with van der Waals surface area (Å²) in [5.74, 6) is -2.61. The highest BCUT2D eigenvalue weighted by molar-refractivity contribution is 6.32. The van der Waals surface area contributed by atoms with Gasteiger partial charge in [-0.3, -0.25) is 9.59 Å². The van der Waals surface area contributed by atoms with Crippen LogP contribution in [0.2, 0.25) is 0 Å². The average molecular weight is 347 g/mol. The van der Waals surface area contributed by atoms with Gasteiger partial charge in [-0.1, -0.05) is 30.3 Å². The van der Waals surface area contributed by atoms with E-state index in [-0.39, 0.29) is 12.5 Å². The lowest BCUT2D eigenvalue weighted by Crippen LogP contribution is -2.46. The second kappa shape index (κ2) is 7.70. The molecule has 0 aromatic heterocycles. The van der Waals surface area contributed by atoms with Gasteiger partial charge >= 0.3 is 11.3 Å². The zero-order valence-corrected chi connectivity index (χ0v) is 13.1. The third kappa shape index (κ3) is 4.87. The smallest absolute Gasteiger partial charge is 0.378 e. The van der Waals surface area contributed by atoms with Crippen molar-refractivity contribution in [3.8, 4) is 0 Å². The summed E-state index contributed by atoms with van der Waals surface area (Å²) in [6, 6.07) is 8.70. The fraction of sp³-hybridized carbons (Fsp3) is 0.467. The normalized spacial score (nSPS) is 16.7. The SMILES string of the molecule is O=C([C@@H](CNC(=O)C(F)(F)Cl)c1ccccc1)N1CCOCC1. The summed E-state index contributed by atoms with van der Waals surface area (Å²) in [4.78, 5) is 25.5. The van der Waals surface area contributed by atoms with E-state index in [1.807, 2.05) is 5.32 Å². The number of halogens is 3. The molecule has 126 valence electrons. The maximum absolute atomic E-state index is 12.8. The number of rotatable bonds is 5. The van der Waals surface area contributed by atoms with Gasteiger partial charge in [-0.25, -0.2) is 0 Å². The van der Waals surface area contributed by atoms with E-state index in [0.717, 1.165) is 0 Å². The molecule has 8 heteroatoms. The van der Waals surface area contributed by atoms with Crippen molar-refractivity contribution in [1.82, 2.24) is 10.2 Å². The summed E-state index contributed by atoms with van der Waals surface area (Å²) < 4.78 is 30.7. The van der Waals surface area contributed by atoms with Crippen molar-refractivity contribution in [1.29, 1.82) is 0 Å². The first-order valence-electron chi connectivity index (χ1n) is 7.16. The van der Waals surface area contributed by atoms with Crippen molar-refractivity contribution in [3.63, 3.8) is 0 Å². The molecule has 1 saturated heterocycles. The lowest BCUT2D eigenvalue weighted by atomic mass is 9.97. The third-order valence-electron chi connectivity index (χ3n) is 3.55. The van der Waals surface area contributed by atoms with Gasteiger partial charge in [0, 0.05) is 19.6 Å². The molecule has 0 saturated carbocycles. The van der Waals surface area contributed by atoms with Crippen LogP contribution in [0.15, 0.2) is 30.3 Å². The van der Waals surface area contributed by atoms with E-state index in [1.165, 1.54) is 0 Å². The zero-order valence-electron chi connectivity index (χ0n) is 12.3. The average Bonchev–Trinajstić information content (AvgIpc) is 2.55. The number of ether oxygens (including phenoxy) is 1. The van der Waals surface area contributed by atoms with E-state index >= 15 is 0 Å². The Labute approximate surface area is 137 Å². The highest BCUT2D eigenvalue weighted by Crippen LogP contribution is 2.21. The first-order chi connectivity index (χ1) is 10.9. The predicted molar refractivity (Wildman–Crippen MR) is 80.4 cm³/mol. The maximum Gasteiger partial charge on any atom is 0.399 e. The molecular weight excluding hydrogens is 330 g/mol. The summed E-state index contributed by atoms with van der Waals surface area (Å²) in [6.45, 7) is 1.48. The number of nitrogens with zero attached hydrogens (tertiary/aromatic N) is 1. The van der Waals surface area contributed by atoms with E-state index in [2.05, 4.69) is 11.6 Å². The minimum absolute atomic E-state index is 0.238. The summed E-state index contributed by atoms with van der Waals surface area (Å²) in [6.07, 6.45) is 0.